The predicted molar refractivity (Wildman–Crippen MR) is 41.8 cm³/mol. The lowest BCUT2D eigenvalue weighted by molar-refractivity contribution is 1.43. The summed E-state index contributed by atoms with van der Waals surface area (Å²) in [5.41, 5.74) is 1.01. The zero-order valence-corrected chi connectivity index (χ0v) is 6.37. The standard InChI is InChI=1S/C6H11NS/c1-5(7-3)4-6(2)8/h4,8H,1-3H3/b6-4-,7-5-. The molecular weight excluding hydrogens is 118 g/mol. The third-order valence-corrected chi connectivity index (χ3v) is 0.900. The Kier molecular flexibility index (Phi) is 3.61. The van der Waals surface area contributed by atoms with Crippen LogP contribution >= 0.6 is 12.6 Å². The molecule has 0 rings (SSSR count). The van der Waals surface area contributed by atoms with E-state index in [2.05, 4.69) is 17.6 Å². The molecule has 0 aliphatic rings. The van der Waals surface area contributed by atoms with Crippen LogP contribution in [-0.4, -0.2) is 12.8 Å². The van der Waals surface area contributed by atoms with Crippen LogP contribution in [0.3, 0.4) is 0 Å². The van der Waals surface area contributed by atoms with Crippen molar-refractivity contribution < 1.29 is 0 Å². The van der Waals surface area contributed by atoms with Crippen LogP contribution in [0.25, 0.3) is 0 Å². The number of hydrogen-bond donors (Lipinski definition) is 1. The summed E-state index contributed by atoms with van der Waals surface area (Å²) in [6.07, 6.45) is 1.92. The Morgan fingerprint density at radius 2 is 2.00 bits per heavy atom. The maximum absolute atomic E-state index is 4.07. The van der Waals surface area contributed by atoms with E-state index < -0.39 is 0 Å². The van der Waals surface area contributed by atoms with Gasteiger partial charge in [-0.1, -0.05) is 0 Å². The first-order valence-electron chi connectivity index (χ1n) is 2.47. The Balaban J connectivity index is 3.89. The lowest BCUT2D eigenvalue weighted by atomic mass is 10.4. The smallest absolute Gasteiger partial charge is 0.0321 e. The van der Waals surface area contributed by atoms with E-state index in [0.717, 1.165) is 10.6 Å². The highest BCUT2D eigenvalue weighted by Crippen LogP contribution is 1.96. The summed E-state index contributed by atoms with van der Waals surface area (Å²) in [6.45, 7) is 3.87. The van der Waals surface area contributed by atoms with E-state index in [1.165, 1.54) is 0 Å². The van der Waals surface area contributed by atoms with E-state index in [1.54, 1.807) is 7.05 Å². The summed E-state index contributed by atoms with van der Waals surface area (Å²) >= 11 is 4.07. The molecule has 0 amide bonds. The highest BCUT2D eigenvalue weighted by atomic mass is 32.1. The molecule has 0 atom stereocenters. The Morgan fingerprint density at radius 3 is 2.12 bits per heavy atom. The van der Waals surface area contributed by atoms with Crippen molar-refractivity contribution in [3.63, 3.8) is 0 Å². The number of allylic oxidation sites excluding steroid dienone is 2. The van der Waals surface area contributed by atoms with Gasteiger partial charge in [0.1, 0.15) is 0 Å². The van der Waals surface area contributed by atoms with E-state index in [-0.39, 0.29) is 0 Å². The van der Waals surface area contributed by atoms with Crippen molar-refractivity contribution in [1.82, 2.24) is 0 Å². The molecule has 0 unspecified atom stereocenters. The van der Waals surface area contributed by atoms with E-state index >= 15 is 0 Å². The maximum Gasteiger partial charge on any atom is 0.0321 e. The van der Waals surface area contributed by atoms with Gasteiger partial charge in [-0.3, -0.25) is 4.99 Å². The van der Waals surface area contributed by atoms with Crippen molar-refractivity contribution in [2.45, 2.75) is 13.8 Å². The average molecular weight is 129 g/mol. The van der Waals surface area contributed by atoms with Crippen molar-refractivity contribution in [2.75, 3.05) is 7.05 Å². The lowest BCUT2D eigenvalue weighted by Gasteiger charge is -1.87. The van der Waals surface area contributed by atoms with Gasteiger partial charge in [-0.2, -0.15) is 0 Å². The van der Waals surface area contributed by atoms with Crippen molar-refractivity contribution >= 4 is 18.3 Å². The second-order valence-corrected chi connectivity index (χ2v) is 2.36. The number of rotatable bonds is 1. The molecule has 0 fully saturated rings. The number of aliphatic imine (C=N–C) groups is 1. The minimum absolute atomic E-state index is 0.994. The topological polar surface area (TPSA) is 12.4 Å². The van der Waals surface area contributed by atoms with Crippen molar-refractivity contribution in [2.24, 2.45) is 4.99 Å². The van der Waals surface area contributed by atoms with Crippen LogP contribution in [0.1, 0.15) is 13.8 Å². The summed E-state index contributed by atoms with van der Waals surface area (Å²) in [5.74, 6) is 0. The summed E-state index contributed by atoms with van der Waals surface area (Å²) < 4.78 is 0. The third-order valence-electron chi connectivity index (χ3n) is 0.770. The van der Waals surface area contributed by atoms with Gasteiger partial charge in [0.2, 0.25) is 0 Å². The van der Waals surface area contributed by atoms with Crippen LogP contribution in [0.15, 0.2) is 16.0 Å². The van der Waals surface area contributed by atoms with E-state index in [1.807, 2.05) is 19.9 Å². The Hall–Kier alpha value is -0.240. The first-order valence-corrected chi connectivity index (χ1v) is 2.92. The molecule has 0 aromatic rings. The SMILES string of the molecule is C/N=C(C)\C=C(\C)S. The van der Waals surface area contributed by atoms with Crippen LogP contribution in [0.5, 0.6) is 0 Å². The molecule has 0 aliphatic carbocycles. The largest absolute Gasteiger partial charge is 0.293 e. The Bertz CT molecular complexity index is 120. The van der Waals surface area contributed by atoms with E-state index in [9.17, 15) is 0 Å². The van der Waals surface area contributed by atoms with Crippen LogP contribution in [0, 0.1) is 0 Å². The van der Waals surface area contributed by atoms with Gasteiger partial charge in [-0.25, -0.2) is 0 Å². The highest BCUT2D eigenvalue weighted by molar-refractivity contribution is 7.84. The second-order valence-electron chi connectivity index (χ2n) is 1.65. The van der Waals surface area contributed by atoms with Gasteiger partial charge >= 0.3 is 0 Å². The predicted octanol–water partition coefficient (Wildman–Crippen LogP) is 1.91. The molecule has 0 aliphatic heterocycles. The molecule has 0 spiro atoms. The van der Waals surface area contributed by atoms with Gasteiger partial charge in [0, 0.05) is 12.8 Å². The van der Waals surface area contributed by atoms with Crippen LogP contribution in [-0.2, 0) is 0 Å². The molecule has 0 aromatic carbocycles. The maximum atomic E-state index is 4.07. The summed E-state index contributed by atoms with van der Waals surface area (Å²) in [7, 11) is 1.77. The summed E-state index contributed by atoms with van der Waals surface area (Å²) in [5, 5.41) is 0. The fourth-order valence-electron chi connectivity index (χ4n) is 0.367. The number of thiol groups is 1. The normalized spacial score (nSPS) is 14.5. The summed E-state index contributed by atoms with van der Waals surface area (Å²) in [6, 6.07) is 0. The number of hydrogen-bond acceptors (Lipinski definition) is 2. The fourth-order valence-corrected chi connectivity index (χ4v) is 0.554. The van der Waals surface area contributed by atoms with Crippen LogP contribution < -0.4 is 0 Å². The molecule has 8 heavy (non-hydrogen) atoms. The highest BCUT2D eigenvalue weighted by Gasteiger charge is 1.79. The molecule has 2 heteroatoms. The van der Waals surface area contributed by atoms with Gasteiger partial charge in [0.15, 0.2) is 0 Å². The molecule has 46 valence electrons. The first-order chi connectivity index (χ1) is 3.66. The minimum Gasteiger partial charge on any atom is -0.293 e. The first kappa shape index (κ1) is 7.76. The molecule has 0 N–H and O–H groups in total. The molecule has 0 aromatic heterocycles. The quantitative estimate of drug-likeness (QED) is 0.410. The molecule has 0 saturated heterocycles. The van der Waals surface area contributed by atoms with Crippen LogP contribution in [0.2, 0.25) is 0 Å². The monoisotopic (exact) mass is 129 g/mol. The zero-order chi connectivity index (χ0) is 6.57. The van der Waals surface area contributed by atoms with Gasteiger partial charge in [0.05, 0.1) is 0 Å². The van der Waals surface area contributed by atoms with Gasteiger partial charge in [-0.15, -0.1) is 12.6 Å². The molecular formula is C6H11NS. The molecule has 0 saturated carbocycles. The molecule has 0 heterocycles. The van der Waals surface area contributed by atoms with E-state index in [0.29, 0.717) is 0 Å². The third kappa shape index (κ3) is 3.93. The van der Waals surface area contributed by atoms with Crippen molar-refractivity contribution in [1.29, 1.82) is 0 Å². The molecule has 0 radical (unpaired) electrons. The summed E-state index contributed by atoms with van der Waals surface area (Å²) in [4.78, 5) is 4.91. The lowest BCUT2D eigenvalue weighted by Crippen LogP contribution is -1.82. The van der Waals surface area contributed by atoms with Crippen LogP contribution in [0.4, 0.5) is 0 Å². The van der Waals surface area contributed by atoms with Gasteiger partial charge < -0.3 is 0 Å². The fraction of sp³-hybridized carbons (Fsp3) is 0.500. The van der Waals surface area contributed by atoms with Gasteiger partial charge in [-0.05, 0) is 24.8 Å². The molecule has 1 nitrogen and oxygen atoms in total. The Morgan fingerprint density at radius 1 is 1.50 bits per heavy atom. The number of nitrogens with zero attached hydrogens (tertiary/aromatic N) is 1. The second kappa shape index (κ2) is 3.72. The van der Waals surface area contributed by atoms with E-state index in [4.69, 9.17) is 0 Å². The average Bonchev–Trinajstić information content (AvgIpc) is 1.65. The Labute approximate surface area is 55.9 Å². The molecule has 0 bridgehead atoms. The van der Waals surface area contributed by atoms with Gasteiger partial charge in [0.25, 0.3) is 0 Å². The van der Waals surface area contributed by atoms with Crippen molar-refractivity contribution in [3.05, 3.63) is 11.0 Å². The zero-order valence-electron chi connectivity index (χ0n) is 5.47. The van der Waals surface area contributed by atoms with Crippen molar-refractivity contribution in [3.8, 4) is 0 Å². The minimum atomic E-state index is 0.994.